The van der Waals surface area contributed by atoms with Crippen molar-refractivity contribution in [2.45, 2.75) is 57.2 Å². The Bertz CT molecular complexity index is 192. The number of rotatable bonds is 4. The van der Waals surface area contributed by atoms with Gasteiger partial charge in [0.05, 0.1) is 6.10 Å². The molecule has 3 heteroatoms. The summed E-state index contributed by atoms with van der Waals surface area (Å²) in [7, 11) is 0. The minimum Gasteiger partial charge on any atom is -0.392 e. The highest BCUT2D eigenvalue weighted by molar-refractivity contribution is 4.85. The van der Waals surface area contributed by atoms with Crippen LogP contribution in [0.15, 0.2) is 0 Å². The van der Waals surface area contributed by atoms with Crippen molar-refractivity contribution < 1.29 is 5.11 Å². The predicted octanol–water partition coefficient (Wildman–Crippen LogP) is 0.974. The third kappa shape index (κ3) is 3.16. The molecular weight excluding hydrogens is 188 g/mol. The second kappa shape index (κ2) is 5.28. The molecule has 1 heterocycles. The Hall–Kier alpha value is -0.120. The zero-order chi connectivity index (χ0) is 10.7. The molecule has 1 unspecified atom stereocenters. The van der Waals surface area contributed by atoms with Crippen molar-refractivity contribution in [3.05, 3.63) is 0 Å². The molecule has 1 saturated carbocycles. The zero-order valence-electron chi connectivity index (χ0n) is 9.78. The van der Waals surface area contributed by atoms with Gasteiger partial charge in [-0.05, 0) is 52.1 Å². The fraction of sp³-hybridized carbons (Fsp3) is 1.00. The van der Waals surface area contributed by atoms with E-state index in [1.807, 2.05) is 0 Å². The van der Waals surface area contributed by atoms with Gasteiger partial charge in [0.2, 0.25) is 0 Å². The summed E-state index contributed by atoms with van der Waals surface area (Å²) in [5.41, 5.74) is 0. The first-order chi connectivity index (χ1) is 7.25. The van der Waals surface area contributed by atoms with E-state index >= 15 is 0 Å². The molecule has 1 aliphatic heterocycles. The lowest BCUT2D eigenvalue weighted by Gasteiger charge is -2.25. The summed E-state index contributed by atoms with van der Waals surface area (Å²) >= 11 is 0. The molecule has 88 valence electrons. The summed E-state index contributed by atoms with van der Waals surface area (Å²) in [6.45, 7) is 5.91. The van der Waals surface area contributed by atoms with Crippen LogP contribution in [0.5, 0.6) is 0 Å². The summed E-state index contributed by atoms with van der Waals surface area (Å²) in [6, 6.07) is 0.864. The number of aliphatic hydroxyl groups is 1. The zero-order valence-corrected chi connectivity index (χ0v) is 9.78. The van der Waals surface area contributed by atoms with Gasteiger partial charge in [0.1, 0.15) is 0 Å². The van der Waals surface area contributed by atoms with Gasteiger partial charge in [-0.3, -0.25) is 0 Å². The predicted molar refractivity (Wildman–Crippen MR) is 61.9 cm³/mol. The first-order valence-corrected chi connectivity index (χ1v) is 6.42. The lowest BCUT2D eigenvalue weighted by molar-refractivity contribution is 0.139. The maximum absolute atomic E-state index is 9.72. The van der Waals surface area contributed by atoms with Crippen LogP contribution in [0, 0.1) is 0 Å². The van der Waals surface area contributed by atoms with Crippen LogP contribution in [0.3, 0.4) is 0 Å². The van der Waals surface area contributed by atoms with E-state index in [0.717, 1.165) is 19.4 Å². The number of nitrogens with zero attached hydrogens (tertiary/aromatic N) is 1. The third-order valence-corrected chi connectivity index (χ3v) is 3.71. The topological polar surface area (TPSA) is 35.5 Å². The Labute approximate surface area is 92.8 Å². The molecule has 2 fully saturated rings. The van der Waals surface area contributed by atoms with Gasteiger partial charge >= 0.3 is 0 Å². The van der Waals surface area contributed by atoms with E-state index in [0.29, 0.717) is 12.1 Å². The van der Waals surface area contributed by atoms with Crippen molar-refractivity contribution >= 4 is 0 Å². The molecule has 2 rings (SSSR count). The smallest absolute Gasteiger partial charge is 0.0693 e. The molecule has 0 aromatic carbocycles. The molecule has 3 atom stereocenters. The Kier molecular flexibility index (Phi) is 4.00. The lowest BCUT2D eigenvalue weighted by atomic mass is 10.2. The van der Waals surface area contributed by atoms with Crippen LogP contribution in [-0.4, -0.2) is 47.8 Å². The molecule has 1 aliphatic carbocycles. The average Bonchev–Trinajstić information content (AvgIpc) is 2.79. The van der Waals surface area contributed by atoms with Crippen molar-refractivity contribution in [3.63, 3.8) is 0 Å². The summed E-state index contributed by atoms with van der Waals surface area (Å²) in [5.74, 6) is 0. The van der Waals surface area contributed by atoms with Gasteiger partial charge in [0.15, 0.2) is 0 Å². The summed E-state index contributed by atoms with van der Waals surface area (Å²) in [6.07, 6.45) is 5.91. The number of likely N-dealkylation sites (tertiary alicyclic amines) is 1. The van der Waals surface area contributed by atoms with E-state index in [9.17, 15) is 5.11 Å². The Balaban J connectivity index is 1.69. The number of hydrogen-bond acceptors (Lipinski definition) is 3. The van der Waals surface area contributed by atoms with Crippen LogP contribution in [0.25, 0.3) is 0 Å². The van der Waals surface area contributed by atoms with Crippen LogP contribution < -0.4 is 5.32 Å². The molecule has 0 radical (unpaired) electrons. The van der Waals surface area contributed by atoms with E-state index in [1.54, 1.807) is 0 Å². The molecule has 0 aromatic rings. The summed E-state index contributed by atoms with van der Waals surface area (Å²) < 4.78 is 0. The highest BCUT2D eigenvalue weighted by atomic mass is 16.3. The van der Waals surface area contributed by atoms with Gasteiger partial charge in [-0.2, -0.15) is 0 Å². The largest absolute Gasteiger partial charge is 0.392 e. The van der Waals surface area contributed by atoms with Crippen LogP contribution in [-0.2, 0) is 0 Å². The first-order valence-electron chi connectivity index (χ1n) is 6.42. The number of aliphatic hydroxyl groups excluding tert-OH is 1. The van der Waals surface area contributed by atoms with E-state index in [-0.39, 0.29) is 6.10 Å². The fourth-order valence-electron chi connectivity index (χ4n) is 2.91. The molecule has 15 heavy (non-hydrogen) atoms. The standard InChI is InChI=1S/C12H24N2O/c1-10(9-14-7-2-3-8-14)13-11-5-4-6-12(11)15/h10-13,15H,2-9H2,1H3/t10?,11-,12-/m1/s1. The van der Waals surface area contributed by atoms with Gasteiger partial charge in [-0.1, -0.05) is 0 Å². The highest BCUT2D eigenvalue weighted by Crippen LogP contribution is 2.19. The van der Waals surface area contributed by atoms with Crippen LogP contribution >= 0.6 is 0 Å². The third-order valence-electron chi connectivity index (χ3n) is 3.71. The molecule has 0 spiro atoms. The number of nitrogens with one attached hydrogen (secondary N) is 1. The number of hydrogen-bond donors (Lipinski definition) is 2. The monoisotopic (exact) mass is 212 g/mol. The van der Waals surface area contributed by atoms with Gasteiger partial charge in [0, 0.05) is 18.6 Å². The summed E-state index contributed by atoms with van der Waals surface area (Å²) in [4.78, 5) is 2.53. The van der Waals surface area contributed by atoms with E-state index in [1.165, 1.54) is 32.4 Å². The van der Waals surface area contributed by atoms with Crippen LogP contribution in [0.2, 0.25) is 0 Å². The quantitative estimate of drug-likeness (QED) is 0.729. The van der Waals surface area contributed by atoms with Gasteiger partial charge < -0.3 is 15.3 Å². The molecule has 3 nitrogen and oxygen atoms in total. The van der Waals surface area contributed by atoms with Crippen LogP contribution in [0.1, 0.15) is 39.0 Å². The van der Waals surface area contributed by atoms with Gasteiger partial charge in [-0.25, -0.2) is 0 Å². The normalized spacial score (nSPS) is 34.8. The molecule has 2 aliphatic rings. The molecule has 2 N–H and O–H groups in total. The van der Waals surface area contributed by atoms with E-state index in [2.05, 4.69) is 17.1 Å². The van der Waals surface area contributed by atoms with Gasteiger partial charge in [0.25, 0.3) is 0 Å². The second-order valence-electron chi connectivity index (χ2n) is 5.18. The van der Waals surface area contributed by atoms with Crippen molar-refractivity contribution in [2.24, 2.45) is 0 Å². The summed E-state index contributed by atoms with van der Waals surface area (Å²) in [5, 5.41) is 13.3. The Morgan fingerprint density at radius 2 is 2.00 bits per heavy atom. The van der Waals surface area contributed by atoms with E-state index in [4.69, 9.17) is 0 Å². The lowest BCUT2D eigenvalue weighted by Crippen LogP contribution is -2.46. The van der Waals surface area contributed by atoms with E-state index < -0.39 is 0 Å². The van der Waals surface area contributed by atoms with Crippen LogP contribution in [0.4, 0.5) is 0 Å². The molecular formula is C12H24N2O. The first kappa shape index (κ1) is 11.4. The molecule has 0 bridgehead atoms. The maximum atomic E-state index is 9.72. The molecule has 0 aromatic heterocycles. The van der Waals surface area contributed by atoms with Crippen molar-refractivity contribution in [3.8, 4) is 0 Å². The minimum absolute atomic E-state index is 0.106. The van der Waals surface area contributed by atoms with Crippen molar-refractivity contribution in [1.29, 1.82) is 0 Å². The molecule has 1 saturated heterocycles. The maximum Gasteiger partial charge on any atom is 0.0693 e. The second-order valence-corrected chi connectivity index (χ2v) is 5.18. The fourth-order valence-corrected chi connectivity index (χ4v) is 2.91. The Morgan fingerprint density at radius 3 is 2.60 bits per heavy atom. The Morgan fingerprint density at radius 1 is 1.27 bits per heavy atom. The highest BCUT2D eigenvalue weighted by Gasteiger charge is 2.26. The average molecular weight is 212 g/mol. The minimum atomic E-state index is -0.106. The van der Waals surface area contributed by atoms with Crippen molar-refractivity contribution in [2.75, 3.05) is 19.6 Å². The molecule has 0 amide bonds. The van der Waals surface area contributed by atoms with Crippen molar-refractivity contribution in [1.82, 2.24) is 10.2 Å². The SMILES string of the molecule is CC(CN1CCCC1)N[C@@H]1CCC[C@H]1O. The van der Waals surface area contributed by atoms with Gasteiger partial charge in [-0.15, -0.1) is 0 Å².